The quantitative estimate of drug-likeness (QED) is 0.766. The number of nitrogens with zero attached hydrogens (tertiary/aromatic N) is 3. The Hall–Kier alpha value is -1.85. The van der Waals surface area contributed by atoms with E-state index in [2.05, 4.69) is 38.5 Å². The van der Waals surface area contributed by atoms with Crippen LogP contribution in [-0.2, 0) is 4.79 Å². The molecule has 0 aromatic carbocycles. The standard InChI is InChI=1S/C18H29N5O/c1-2-9-19-18(24)6-3-14-7-10-23(11-8-14)17-12-16(20-13-21-17)22-15-4-5-15/h12-15H,2-11H2,1H3,(H,19,24)(H,20,21,22). The molecule has 1 aromatic rings. The first kappa shape index (κ1) is 17.0. The minimum Gasteiger partial charge on any atom is -0.367 e. The van der Waals surface area contributed by atoms with Gasteiger partial charge in [0.25, 0.3) is 0 Å². The number of hydrogen-bond acceptors (Lipinski definition) is 5. The molecule has 24 heavy (non-hydrogen) atoms. The number of aromatic nitrogens is 2. The maximum Gasteiger partial charge on any atom is 0.220 e. The molecular formula is C18H29N5O. The summed E-state index contributed by atoms with van der Waals surface area (Å²) in [5.41, 5.74) is 0. The van der Waals surface area contributed by atoms with Gasteiger partial charge in [-0.1, -0.05) is 6.92 Å². The molecule has 132 valence electrons. The first-order valence-corrected chi connectivity index (χ1v) is 9.35. The fourth-order valence-electron chi connectivity index (χ4n) is 3.17. The third kappa shape index (κ3) is 5.08. The Bertz CT molecular complexity index is 538. The molecule has 3 rings (SSSR count). The van der Waals surface area contributed by atoms with Crippen LogP contribution in [0.2, 0.25) is 0 Å². The lowest BCUT2D eigenvalue weighted by Gasteiger charge is -2.32. The Labute approximate surface area is 144 Å². The molecule has 6 nitrogen and oxygen atoms in total. The van der Waals surface area contributed by atoms with Gasteiger partial charge >= 0.3 is 0 Å². The predicted octanol–water partition coefficient (Wildman–Crippen LogP) is 2.57. The molecule has 0 atom stereocenters. The second-order valence-corrected chi connectivity index (χ2v) is 7.00. The molecule has 0 unspecified atom stereocenters. The highest BCUT2D eigenvalue weighted by Gasteiger charge is 2.23. The molecule has 0 radical (unpaired) electrons. The van der Waals surface area contributed by atoms with Gasteiger partial charge in [0.15, 0.2) is 0 Å². The normalized spacial score (nSPS) is 18.5. The average Bonchev–Trinajstić information content (AvgIpc) is 3.43. The highest BCUT2D eigenvalue weighted by molar-refractivity contribution is 5.75. The van der Waals surface area contributed by atoms with Crippen LogP contribution < -0.4 is 15.5 Å². The Morgan fingerprint density at radius 1 is 1.25 bits per heavy atom. The highest BCUT2D eigenvalue weighted by atomic mass is 16.1. The van der Waals surface area contributed by atoms with Gasteiger partial charge in [0.05, 0.1) is 0 Å². The molecule has 6 heteroatoms. The molecule has 2 fully saturated rings. The largest absolute Gasteiger partial charge is 0.367 e. The van der Waals surface area contributed by atoms with Crippen LogP contribution in [-0.4, -0.2) is 41.6 Å². The summed E-state index contributed by atoms with van der Waals surface area (Å²) in [7, 11) is 0. The molecule has 0 bridgehead atoms. The van der Waals surface area contributed by atoms with E-state index >= 15 is 0 Å². The van der Waals surface area contributed by atoms with E-state index in [9.17, 15) is 4.79 Å². The van der Waals surface area contributed by atoms with E-state index in [1.807, 2.05) is 0 Å². The summed E-state index contributed by atoms with van der Waals surface area (Å²) in [5, 5.41) is 6.39. The van der Waals surface area contributed by atoms with Crippen LogP contribution in [0.4, 0.5) is 11.6 Å². The average molecular weight is 331 g/mol. The van der Waals surface area contributed by atoms with Gasteiger partial charge in [0.1, 0.15) is 18.0 Å². The summed E-state index contributed by atoms with van der Waals surface area (Å²) >= 11 is 0. The Balaban J connectivity index is 1.42. The van der Waals surface area contributed by atoms with Crippen molar-refractivity contribution in [3.63, 3.8) is 0 Å². The van der Waals surface area contributed by atoms with Crippen LogP contribution in [0.15, 0.2) is 12.4 Å². The molecule has 1 aliphatic carbocycles. The number of anilines is 2. The Morgan fingerprint density at radius 2 is 2.04 bits per heavy atom. The van der Waals surface area contributed by atoms with Crippen molar-refractivity contribution in [1.82, 2.24) is 15.3 Å². The van der Waals surface area contributed by atoms with E-state index < -0.39 is 0 Å². The number of nitrogens with one attached hydrogen (secondary N) is 2. The summed E-state index contributed by atoms with van der Waals surface area (Å²) < 4.78 is 0. The van der Waals surface area contributed by atoms with Crippen LogP contribution >= 0.6 is 0 Å². The minimum absolute atomic E-state index is 0.200. The van der Waals surface area contributed by atoms with Crippen molar-refractivity contribution >= 4 is 17.5 Å². The van der Waals surface area contributed by atoms with Crippen molar-refractivity contribution in [2.24, 2.45) is 5.92 Å². The summed E-state index contributed by atoms with van der Waals surface area (Å²) in [5.74, 6) is 2.81. The fraction of sp³-hybridized carbons (Fsp3) is 0.722. The summed E-state index contributed by atoms with van der Waals surface area (Å²) in [6, 6.07) is 2.67. The third-order valence-electron chi connectivity index (χ3n) is 4.87. The van der Waals surface area contributed by atoms with Crippen LogP contribution in [0.25, 0.3) is 0 Å². The predicted molar refractivity (Wildman–Crippen MR) is 96.1 cm³/mol. The zero-order valence-corrected chi connectivity index (χ0v) is 14.6. The van der Waals surface area contributed by atoms with E-state index in [0.29, 0.717) is 18.4 Å². The maximum atomic E-state index is 11.7. The molecule has 0 spiro atoms. The molecule has 1 saturated heterocycles. The van der Waals surface area contributed by atoms with Crippen LogP contribution in [0, 0.1) is 5.92 Å². The van der Waals surface area contributed by atoms with Crippen LogP contribution in [0.5, 0.6) is 0 Å². The zero-order valence-electron chi connectivity index (χ0n) is 14.6. The van der Waals surface area contributed by atoms with Gasteiger partial charge < -0.3 is 15.5 Å². The van der Waals surface area contributed by atoms with Crippen LogP contribution in [0.1, 0.15) is 51.9 Å². The lowest BCUT2D eigenvalue weighted by atomic mass is 9.92. The van der Waals surface area contributed by atoms with E-state index in [1.165, 1.54) is 12.8 Å². The number of rotatable bonds is 8. The maximum absolute atomic E-state index is 11.7. The van der Waals surface area contributed by atoms with Gasteiger partial charge in [-0.3, -0.25) is 4.79 Å². The molecule has 1 aromatic heterocycles. The van der Waals surface area contributed by atoms with E-state index in [1.54, 1.807) is 6.33 Å². The van der Waals surface area contributed by atoms with Crippen molar-refractivity contribution in [3.8, 4) is 0 Å². The third-order valence-corrected chi connectivity index (χ3v) is 4.87. The fourth-order valence-corrected chi connectivity index (χ4v) is 3.17. The van der Waals surface area contributed by atoms with Crippen LogP contribution in [0.3, 0.4) is 0 Å². The van der Waals surface area contributed by atoms with Crippen molar-refractivity contribution in [1.29, 1.82) is 0 Å². The molecule has 1 saturated carbocycles. The van der Waals surface area contributed by atoms with Gasteiger partial charge in [0.2, 0.25) is 5.91 Å². The van der Waals surface area contributed by atoms with E-state index in [0.717, 1.165) is 57.0 Å². The van der Waals surface area contributed by atoms with Gasteiger partial charge in [0, 0.05) is 38.2 Å². The summed E-state index contributed by atoms with van der Waals surface area (Å²) in [6.45, 7) is 4.90. The Morgan fingerprint density at radius 3 is 2.75 bits per heavy atom. The molecule has 2 heterocycles. The van der Waals surface area contributed by atoms with E-state index in [-0.39, 0.29) is 5.91 Å². The summed E-state index contributed by atoms with van der Waals surface area (Å²) in [6.07, 6.45) is 9.08. The minimum atomic E-state index is 0.200. The Kier molecular flexibility index (Phi) is 5.88. The van der Waals surface area contributed by atoms with Crippen molar-refractivity contribution in [2.75, 3.05) is 29.9 Å². The first-order valence-electron chi connectivity index (χ1n) is 9.35. The molecule has 1 aliphatic heterocycles. The second kappa shape index (κ2) is 8.31. The monoisotopic (exact) mass is 331 g/mol. The number of carbonyl (C=O) groups excluding carboxylic acids is 1. The molecule has 2 N–H and O–H groups in total. The molecule has 2 aliphatic rings. The van der Waals surface area contributed by atoms with Gasteiger partial charge in [-0.15, -0.1) is 0 Å². The van der Waals surface area contributed by atoms with Gasteiger partial charge in [-0.25, -0.2) is 9.97 Å². The molecule has 1 amide bonds. The lowest BCUT2D eigenvalue weighted by Crippen LogP contribution is -2.35. The van der Waals surface area contributed by atoms with E-state index in [4.69, 9.17) is 0 Å². The number of carbonyl (C=O) groups is 1. The second-order valence-electron chi connectivity index (χ2n) is 7.00. The summed E-state index contributed by atoms with van der Waals surface area (Å²) in [4.78, 5) is 22.8. The first-order chi connectivity index (χ1) is 11.7. The highest BCUT2D eigenvalue weighted by Crippen LogP contribution is 2.27. The zero-order chi connectivity index (χ0) is 16.8. The van der Waals surface area contributed by atoms with Crippen molar-refractivity contribution in [3.05, 3.63) is 12.4 Å². The topological polar surface area (TPSA) is 70.2 Å². The number of amides is 1. The molecular weight excluding hydrogens is 302 g/mol. The lowest BCUT2D eigenvalue weighted by molar-refractivity contribution is -0.121. The smallest absolute Gasteiger partial charge is 0.220 e. The number of piperidine rings is 1. The van der Waals surface area contributed by atoms with Gasteiger partial charge in [-0.05, 0) is 44.4 Å². The SMILES string of the molecule is CCCNC(=O)CCC1CCN(c2cc(NC3CC3)ncn2)CC1. The van der Waals surface area contributed by atoms with Crippen molar-refractivity contribution < 1.29 is 4.79 Å². The van der Waals surface area contributed by atoms with Crippen molar-refractivity contribution in [2.45, 2.75) is 57.9 Å². The van der Waals surface area contributed by atoms with Gasteiger partial charge in [-0.2, -0.15) is 0 Å². The number of hydrogen-bond donors (Lipinski definition) is 2.